The summed E-state index contributed by atoms with van der Waals surface area (Å²) >= 11 is 1.86. The van der Waals surface area contributed by atoms with Crippen LogP contribution in [-0.2, 0) is 6.42 Å². The van der Waals surface area contributed by atoms with Gasteiger partial charge in [0.2, 0.25) is 5.95 Å². The second kappa shape index (κ2) is 6.95. The Morgan fingerprint density at radius 3 is 2.52 bits per heavy atom. The minimum absolute atomic E-state index is 0.640. The zero-order chi connectivity index (χ0) is 15.5. The SMILES string of the molecule is c1ccc(CCSc2nnc(N3CCCCC3)n2C2CC2)cc1. The minimum Gasteiger partial charge on any atom is -0.341 e. The van der Waals surface area contributed by atoms with Crippen LogP contribution < -0.4 is 4.90 Å². The highest BCUT2D eigenvalue weighted by Crippen LogP contribution is 2.41. The third-order valence-corrected chi connectivity index (χ3v) is 5.61. The van der Waals surface area contributed by atoms with Crippen molar-refractivity contribution >= 4 is 17.7 Å². The van der Waals surface area contributed by atoms with E-state index in [-0.39, 0.29) is 0 Å². The first-order chi connectivity index (χ1) is 11.4. The highest BCUT2D eigenvalue weighted by molar-refractivity contribution is 7.99. The number of aryl methyl sites for hydroxylation is 1. The molecule has 1 aromatic carbocycles. The molecule has 0 N–H and O–H groups in total. The molecule has 23 heavy (non-hydrogen) atoms. The van der Waals surface area contributed by atoms with E-state index < -0.39 is 0 Å². The highest BCUT2D eigenvalue weighted by atomic mass is 32.2. The van der Waals surface area contributed by atoms with Crippen LogP contribution in [0.15, 0.2) is 35.5 Å². The summed E-state index contributed by atoms with van der Waals surface area (Å²) in [6.45, 7) is 2.28. The maximum atomic E-state index is 4.54. The number of hydrogen-bond acceptors (Lipinski definition) is 4. The quantitative estimate of drug-likeness (QED) is 0.752. The number of aromatic nitrogens is 3. The molecular formula is C18H24N4S. The fourth-order valence-corrected chi connectivity index (χ4v) is 4.22. The summed E-state index contributed by atoms with van der Waals surface area (Å²) in [5, 5.41) is 10.2. The number of anilines is 1. The first kappa shape index (κ1) is 15.1. The average Bonchev–Trinajstić information content (AvgIpc) is 3.37. The topological polar surface area (TPSA) is 34.0 Å². The second-order valence-electron chi connectivity index (χ2n) is 6.52. The van der Waals surface area contributed by atoms with Crippen molar-refractivity contribution in [1.82, 2.24) is 14.8 Å². The number of hydrogen-bond donors (Lipinski definition) is 0. The van der Waals surface area contributed by atoms with Gasteiger partial charge in [-0.05, 0) is 44.1 Å². The van der Waals surface area contributed by atoms with E-state index in [9.17, 15) is 0 Å². The van der Waals surface area contributed by atoms with Gasteiger partial charge in [-0.25, -0.2) is 0 Å². The number of nitrogens with zero attached hydrogens (tertiary/aromatic N) is 4. The Hall–Kier alpha value is -1.49. The Balaban J connectivity index is 1.44. The van der Waals surface area contributed by atoms with Crippen LogP contribution >= 0.6 is 11.8 Å². The molecule has 2 fully saturated rings. The molecule has 0 spiro atoms. The van der Waals surface area contributed by atoms with Gasteiger partial charge in [-0.15, -0.1) is 10.2 Å². The molecule has 2 aromatic rings. The molecule has 122 valence electrons. The monoisotopic (exact) mass is 328 g/mol. The number of piperidine rings is 1. The highest BCUT2D eigenvalue weighted by Gasteiger charge is 2.31. The fraction of sp³-hybridized carbons (Fsp3) is 0.556. The molecule has 1 aliphatic heterocycles. The van der Waals surface area contributed by atoms with Gasteiger partial charge in [0.05, 0.1) is 0 Å². The Morgan fingerprint density at radius 2 is 1.78 bits per heavy atom. The minimum atomic E-state index is 0.640. The van der Waals surface area contributed by atoms with Crippen molar-refractivity contribution in [2.24, 2.45) is 0 Å². The largest absolute Gasteiger partial charge is 0.341 e. The lowest BCUT2D eigenvalue weighted by Crippen LogP contribution is -2.31. The van der Waals surface area contributed by atoms with Gasteiger partial charge in [0.25, 0.3) is 0 Å². The van der Waals surface area contributed by atoms with Crippen molar-refractivity contribution in [3.8, 4) is 0 Å². The molecule has 0 amide bonds. The van der Waals surface area contributed by atoms with Crippen molar-refractivity contribution in [3.05, 3.63) is 35.9 Å². The van der Waals surface area contributed by atoms with E-state index in [1.54, 1.807) is 0 Å². The Bertz CT molecular complexity index is 630. The van der Waals surface area contributed by atoms with Crippen LogP contribution in [0.25, 0.3) is 0 Å². The van der Waals surface area contributed by atoms with Gasteiger partial charge in [0.1, 0.15) is 0 Å². The number of rotatable bonds is 6. The zero-order valence-corrected chi connectivity index (χ0v) is 14.3. The van der Waals surface area contributed by atoms with Crippen LogP contribution in [0.5, 0.6) is 0 Å². The first-order valence-electron chi connectivity index (χ1n) is 8.78. The Morgan fingerprint density at radius 1 is 1.00 bits per heavy atom. The van der Waals surface area contributed by atoms with Gasteiger partial charge in [-0.1, -0.05) is 42.1 Å². The van der Waals surface area contributed by atoms with E-state index in [0.29, 0.717) is 6.04 Å². The van der Waals surface area contributed by atoms with Gasteiger partial charge in [0, 0.05) is 24.9 Å². The van der Waals surface area contributed by atoms with Gasteiger partial charge in [-0.3, -0.25) is 4.57 Å². The van der Waals surface area contributed by atoms with E-state index >= 15 is 0 Å². The summed E-state index contributed by atoms with van der Waals surface area (Å²) < 4.78 is 2.42. The smallest absolute Gasteiger partial charge is 0.228 e. The molecule has 0 radical (unpaired) electrons. The molecule has 2 heterocycles. The summed E-state index contributed by atoms with van der Waals surface area (Å²) in [7, 11) is 0. The third kappa shape index (κ3) is 3.55. The second-order valence-corrected chi connectivity index (χ2v) is 7.58. The van der Waals surface area contributed by atoms with Crippen molar-refractivity contribution in [2.75, 3.05) is 23.7 Å². The molecule has 0 bridgehead atoms. The van der Waals surface area contributed by atoms with Crippen molar-refractivity contribution in [2.45, 2.75) is 49.7 Å². The lowest BCUT2D eigenvalue weighted by molar-refractivity contribution is 0.548. The van der Waals surface area contributed by atoms with Crippen molar-refractivity contribution in [1.29, 1.82) is 0 Å². The van der Waals surface area contributed by atoms with Crippen LogP contribution in [0.1, 0.15) is 43.7 Å². The number of benzene rings is 1. The predicted molar refractivity (Wildman–Crippen MR) is 95.2 cm³/mol. The van der Waals surface area contributed by atoms with E-state index in [2.05, 4.69) is 50.0 Å². The van der Waals surface area contributed by atoms with Gasteiger partial charge in [0.15, 0.2) is 5.16 Å². The molecule has 1 saturated heterocycles. The maximum Gasteiger partial charge on any atom is 0.228 e. The molecule has 0 unspecified atom stereocenters. The lowest BCUT2D eigenvalue weighted by Gasteiger charge is -2.27. The van der Waals surface area contributed by atoms with E-state index in [1.807, 2.05) is 11.8 Å². The summed E-state index contributed by atoms with van der Waals surface area (Å²) in [6, 6.07) is 11.3. The van der Waals surface area contributed by atoms with Crippen molar-refractivity contribution in [3.63, 3.8) is 0 Å². The molecule has 1 saturated carbocycles. The van der Waals surface area contributed by atoms with Crippen LogP contribution in [0.4, 0.5) is 5.95 Å². The third-order valence-electron chi connectivity index (χ3n) is 4.66. The summed E-state index contributed by atoms with van der Waals surface area (Å²) in [6.07, 6.45) is 7.58. The fourth-order valence-electron chi connectivity index (χ4n) is 3.23. The summed E-state index contributed by atoms with van der Waals surface area (Å²) in [5.41, 5.74) is 1.40. The zero-order valence-electron chi connectivity index (χ0n) is 13.5. The van der Waals surface area contributed by atoms with Crippen LogP contribution in [0.2, 0.25) is 0 Å². The van der Waals surface area contributed by atoms with Gasteiger partial charge < -0.3 is 4.90 Å². The molecule has 4 nitrogen and oxygen atoms in total. The number of thioether (sulfide) groups is 1. The van der Waals surface area contributed by atoms with Gasteiger partial charge >= 0.3 is 0 Å². The predicted octanol–water partition coefficient (Wildman–Crippen LogP) is 3.94. The van der Waals surface area contributed by atoms with Crippen LogP contribution in [0.3, 0.4) is 0 Å². The molecule has 4 rings (SSSR count). The molecule has 5 heteroatoms. The van der Waals surface area contributed by atoms with E-state index in [0.717, 1.165) is 36.4 Å². The average molecular weight is 328 g/mol. The molecule has 1 aliphatic carbocycles. The summed E-state index contributed by atoms with van der Waals surface area (Å²) in [5.74, 6) is 2.18. The molecule has 2 aliphatic rings. The standard InChI is InChI=1S/C18H24N4S/c1-3-7-15(8-4-1)11-14-23-18-20-19-17(22(18)16-9-10-16)21-12-5-2-6-13-21/h1,3-4,7-8,16H,2,5-6,9-14H2. The Labute approximate surface area is 142 Å². The molecule has 1 aromatic heterocycles. The molecule has 0 atom stereocenters. The van der Waals surface area contributed by atoms with Gasteiger partial charge in [-0.2, -0.15) is 0 Å². The van der Waals surface area contributed by atoms with Crippen molar-refractivity contribution < 1.29 is 0 Å². The van der Waals surface area contributed by atoms with E-state index in [4.69, 9.17) is 0 Å². The molecular weight excluding hydrogens is 304 g/mol. The normalized spacial score (nSPS) is 18.3. The lowest BCUT2D eigenvalue weighted by atomic mass is 10.1. The maximum absolute atomic E-state index is 4.54. The summed E-state index contributed by atoms with van der Waals surface area (Å²) in [4.78, 5) is 2.44. The van der Waals surface area contributed by atoms with E-state index in [1.165, 1.54) is 37.7 Å². The first-order valence-corrected chi connectivity index (χ1v) is 9.77. The van der Waals surface area contributed by atoms with Crippen LogP contribution in [-0.4, -0.2) is 33.6 Å². The van der Waals surface area contributed by atoms with Crippen LogP contribution in [0, 0.1) is 0 Å². The Kier molecular flexibility index (Phi) is 4.55.